The van der Waals surface area contributed by atoms with E-state index in [-0.39, 0.29) is 23.9 Å². The monoisotopic (exact) mass is 410 g/mol. The summed E-state index contributed by atoms with van der Waals surface area (Å²) in [6.07, 6.45) is 1.87. The molecule has 0 radical (unpaired) electrons. The van der Waals surface area contributed by atoms with Crippen LogP contribution in [-0.2, 0) is 11.2 Å². The SMILES string of the molecule is Cc1cc(OC(=O)Cc2cccs2)cc2c1C(=O)/C(=C/c1ccc(Cl)cc1)O2. The maximum Gasteiger partial charge on any atom is 0.316 e. The predicted molar refractivity (Wildman–Crippen MR) is 109 cm³/mol. The Balaban J connectivity index is 1.55. The number of aryl methyl sites for hydroxylation is 1. The molecule has 0 fully saturated rings. The number of allylic oxidation sites excluding steroid dienone is 1. The highest BCUT2D eigenvalue weighted by Crippen LogP contribution is 2.37. The highest BCUT2D eigenvalue weighted by atomic mass is 35.5. The summed E-state index contributed by atoms with van der Waals surface area (Å²) in [6, 6.07) is 14.1. The van der Waals surface area contributed by atoms with Gasteiger partial charge in [0.05, 0.1) is 12.0 Å². The summed E-state index contributed by atoms with van der Waals surface area (Å²) in [4.78, 5) is 25.8. The Bertz CT molecular complexity index is 1080. The van der Waals surface area contributed by atoms with Crippen LogP contribution < -0.4 is 9.47 Å². The second kappa shape index (κ2) is 7.62. The lowest BCUT2D eigenvalue weighted by Crippen LogP contribution is -2.10. The van der Waals surface area contributed by atoms with E-state index in [2.05, 4.69) is 0 Å². The van der Waals surface area contributed by atoms with Gasteiger partial charge in [0.15, 0.2) is 5.76 Å². The molecule has 28 heavy (non-hydrogen) atoms. The van der Waals surface area contributed by atoms with E-state index in [9.17, 15) is 9.59 Å². The molecule has 4 rings (SSSR count). The number of fused-ring (bicyclic) bond motifs is 1. The molecule has 0 saturated carbocycles. The highest BCUT2D eigenvalue weighted by Gasteiger charge is 2.30. The van der Waals surface area contributed by atoms with Gasteiger partial charge in [-0.3, -0.25) is 9.59 Å². The minimum Gasteiger partial charge on any atom is -0.452 e. The van der Waals surface area contributed by atoms with E-state index in [0.717, 1.165) is 10.4 Å². The molecule has 1 aliphatic heterocycles. The van der Waals surface area contributed by atoms with Crippen LogP contribution in [0.5, 0.6) is 11.5 Å². The van der Waals surface area contributed by atoms with Crippen LogP contribution in [0.2, 0.25) is 5.02 Å². The number of Topliss-reactive ketones (excluding diaryl/α,β-unsaturated/α-hetero) is 1. The van der Waals surface area contributed by atoms with Crippen LogP contribution in [0, 0.1) is 6.92 Å². The number of hydrogen-bond acceptors (Lipinski definition) is 5. The van der Waals surface area contributed by atoms with Crippen molar-refractivity contribution in [2.24, 2.45) is 0 Å². The normalized spacial score (nSPS) is 14.1. The smallest absolute Gasteiger partial charge is 0.316 e. The first-order chi connectivity index (χ1) is 13.5. The fourth-order valence-corrected chi connectivity index (χ4v) is 3.79. The van der Waals surface area contributed by atoms with Crippen molar-refractivity contribution in [1.29, 1.82) is 0 Å². The van der Waals surface area contributed by atoms with E-state index in [1.54, 1.807) is 49.4 Å². The summed E-state index contributed by atoms with van der Waals surface area (Å²) >= 11 is 7.40. The quantitative estimate of drug-likeness (QED) is 0.325. The molecule has 0 unspecified atom stereocenters. The van der Waals surface area contributed by atoms with Gasteiger partial charge < -0.3 is 9.47 Å². The third-order valence-corrected chi connectivity index (χ3v) is 5.37. The molecular formula is C22H15ClO4S. The molecule has 0 bridgehead atoms. The van der Waals surface area contributed by atoms with Gasteiger partial charge in [0, 0.05) is 16.0 Å². The zero-order valence-corrected chi connectivity index (χ0v) is 16.5. The Hall–Kier alpha value is -2.89. The van der Waals surface area contributed by atoms with E-state index in [1.807, 2.05) is 17.5 Å². The number of thiophene rings is 1. The van der Waals surface area contributed by atoms with Crippen molar-refractivity contribution in [3.05, 3.63) is 86.3 Å². The minimum absolute atomic E-state index is 0.195. The van der Waals surface area contributed by atoms with Crippen molar-refractivity contribution in [3.63, 3.8) is 0 Å². The molecule has 1 aliphatic rings. The van der Waals surface area contributed by atoms with Gasteiger partial charge >= 0.3 is 5.97 Å². The number of benzene rings is 2. The molecule has 140 valence electrons. The summed E-state index contributed by atoms with van der Waals surface area (Å²) in [6.45, 7) is 1.79. The van der Waals surface area contributed by atoms with Crippen molar-refractivity contribution in [1.82, 2.24) is 0 Å². The molecule has 0 spiro atoms. The summed E-state index contributed by atoms with van der Waals surface area (Å²) in [5.41, 5.74) is 1.99. The number of hydrogen-bond donors (Lipinski definition) is 0. The number of esters is 1. The molecular weight excluding hydrogens is 396 g/mol. The van der Waals surface area contributed by atoms with Gasteiger partial charge in [-0.1, -0.05) is 29.8 Å². The maximum absolute atomic E-state index is 12.7. The number of carbonyl (C=O) groups excluding carboxylic acids is 2. The highest BCUT2D eigenvalue weighted by molar-refractivity contribution is 7.10. The van der Waals surface area contributed by atoms with Gasteiger partial charge in [0.25, 0.3) is 0 Å². The first kappa shape index (κ1) is 18.5. The fourth-order valence-electron chi connectivity index (χ4n) is 2.97. The zero-order valence-electron chi connectivity index (χ0n) is 14.9. The molecule has 4 nitrogen and oxygen atoms in total. The minimum atomic E-state index is -0.358. The largest absolute Gasteiger partial charge is 0.452 e. The summed E-state index contributed by atoms with van der Waals surface area (Å²) in [5.74, 6) is 0.423. The topological polar surface area (TPSA) is 52.6 Å². The van der Waals surface area contributed by atoms with Crippen LogP contribution in [0.3, 0.4) is 0 Å². The van der Waals surface area contributed by atoms with Crippen LogP contribution in [0.1, 0.15) is 26.4 Å². The predicted octanol–water partition coefficient (Wildman–Crippen LogP) is 5.47. The van der Waals surface area contributed by atoms with E-state index in [0.29, 0.717) is 27.6 Å². The Kier molecular flexibility index (Phi) is 5.03. The maximum atomic E-state index is 12.7. The molecule has 0 N–H and O–H groups in total. The molecule has 3 aromatic rings. The third kappa shape index (κ3) is 3.86. The van der Waals surface area contributed by atoms with Gasteiger partial charge in [-0.2, -0.15) is 0 Å². The van der Waals surface area contributed by atoms with Crippen LogP contribution in [0.4, 0.5) is 0 Å². The molecule has 0 atom stereocenters. The number of ether oxygens (including phenoxy) is 2. The summed E-state index contributed by atoms with van der Waals surface area (Å²) in [7, 11) is 0. The molecule has 2 heterocycles. The van der Waals surface area contributed by atoms with E-state index < -0.39 is 0 Å². The van der Waals surface area contributed by atoms with E-state index in [4.69, 9.17) is 21.1 Å². The number of carbonyl (C=O) groups is 2. The molecule has 1 aromatic heterocycles. The third-order valence-electron chi connectivity index (χ3n) is 4.24. The first-order valence-electron chi connectivity index (χ1n) is 8.57. The number of rotatable bonds is 4. The second-order valence-corrected chi connectivity index (χ2v) is 7.80. The molecule has 0 saturated heterocycles. The Morgan fingerprint density at radius 3 is 2.71 bits per heavy atom. The number of halogens is 1. The Labute approximate surface area is 171 Å². The van der Waals surface area contributed by atoms with Crippen LogP contribution in [0.15, 0.2) is 59.7 Å². The van der Waals surface area contributed by atoms with Crippen LogP contribution in [-0.4, -0.2) is 11.8 Å². The zero-order chi connectivity index (χ0) is 19.7. The van der Waals surface area contributed by atoms with Crippen LogP contribution in [0.25, 0.3) is 6.08 Å². The second-order valence-electron chi connectivity index (χ2n) is 6.33. The standard InChI is InChI=1S/C22H15ClO4S/c1-13-9-16(26-20(24)12-17-3-2-8-28-17)11-18-21(13)22(25)19(27-18)10-14-4-6-15(23)7-5-14/h2-11H,12H2,1H3/b19-10-. The lowest BCUT2D eigenvalue weighted by Gasteiger charge is -2.07. The van der Waals surface area contributed by atoms with Crippen molar-refractivity contribution in [2.75, 3.05) is 0 Å². The molecule has 0 aliphatic carbocycles. The van der Waals surface area contributed by atoms with E-state index in [1.165, 1.54) is 11.3 Å². The summed E-state index contributed by atoms with van der Waals surface area (Å²) in [5, 5.41) is 2.53. The van der Waals surface area contributed by atoms with Gasteiger partial charge in [0.2, 0.25) is 5.78 Å². The van der Waals surface area contributed by atoms with Gasteiger partial charge in [0.1, 0.15) is 11.5 Å². The van der Waals surface area contributed by atoms with Gasteiger partial charge in [-0.05, 0) is 53.8 Å². The Morgan fingerprint density at radius 1 is 1.21 bits per heavy atom. The number of ketones is 1. The summed E-state index contributed by atoms with van der Waals surface area (Å²) < 4.78 is 11.2. The van der Waals surface area contributed by atoms with Gasteiger partial charge in [-0.25, -0.2) is 0 Å². The average Bonchev–Trinajstić information content (AvgIpc) is 3.25. The first-order valence-corrected chi connectivity index (χ1v) is 9.83. The molecule has 2 aromatic carbocycles. The fraction of sp³-hybridized carbons (Fsp3) is 0.0909. The Morgan fingerprint density at radius 2 is 2.00 bits per heavy atom. The van der Waals surface area contributed by atoms with Crippen molar-refractivity contribution in [3.8, 4) is 11.5 Å². The molecule has 6 heteroatoms. The van der Waals surface area contributed by atoms with Crippen molar-refractivity contribution in [2.45, 2.75) is 13.3 Å². The van der Waals surface area contributed by atoms with E-state index >= 15 is 0 Å². The lowest BCUT2D eigenvalue weighted by atomic mass is 10.0. The van der Waals surface area contributed by atoms with Crippen molar-refractivity contribution >= 4 is 40.8 Å². The lowest BCUT2D eigenvalue weighted by molar-refractivity contribution is -0.133. The molecule has 0 amide bonds. The average molecular weight is 411 g/mol. The van der Waals surface area contributed by atoms with Gasteiger partial charge in [-0.15, -0.1) is 11.3 Å². The van der Waals surface area contributed by atoms with Crippen LogP contribution >= 0.6 is 22.9 Å². The van der Waals surface area contributed by atoms with Crippen molar-refractivity contribution < 1.29 is 19.1 Å².